The first-order chi connectivity index (χ1) is 6.79. The average Bonchev–Trinajstić information content (AvgIpc) is 2.07. The van der Waals surface area contributed by atoms with Crippen molar-refractivity contribution in [2.45, 2.75) is 20.0 Å². The number of anilines is 1. The van der Waals surface area contributed by atoms with E-state index in [4.69, 9.17) is 11.6 Å². The molecule has 0 unspecified atom stereocenters. The molecule has 15 heavy (non-hydrogen) atoms. The third-order valence-corrected chi connectivity index (χ3v) is 1.98. The third kappa shape index (κ3) is 3.54. The molecule has 1 rings (SSSR count). The van der Waals surface area contributed by atoms with Crippen LogP contribution in [0, 0.1) is 13.8 Å². The second-order valence-corrected chi connectivity index (χ2v) is 3.36. The number of aryl methyl sites for hydroxylation is 2. The maximum atomic E-state index is 11.9. The van der Waals surface area contributed by atoms with Crippen molar-refractivity contribution in [1.82, 2.24) is 9.97 Å². The van der Waals surface area contributed by atoms with Crippen molar-refractivity contribution in [3.8, 4) is 0 Å². The van der Waals surface area contributed by atoms with Crippen molar-refractivity contribution in [2.24, 2.45) is 0 Å². The lowest BCUT2D eigenvalue weighted by Crippen LogP contribution is -2.22. The Hall–Kier alpha value is -1.04. The van der Waals surface area contributed by atoms with E-state index in [1.54, 1.807) is 13.8 Å². The van der Waals surface area contributed by atoms with Crippen LogP contribution >= 0.6 is 11.6 Å². The molecular formula is C8H9ClF3N3. The highest BCUT2D eigenvalue weighted by Gasteiger charge is 2.27. The second kappa shape index (κ2) is 4.22. The fourth-order valence-corrected chi connectivity index (χ4v) is 1.11. The molecule has 1 heterocycles. The summed E-state index contributed by atoms with van der Waals surface area (Å²) in [4.78, 5) is 7.72. The molecule has 7 heteroatoms. The quantitative estimate of drug-likeness (QED) is 0.862. The summed E-state index contributed by atoms with van der Waals surface area (Å²) in [6, 6.07) is 0. The minimum absolute atomic E-state index is 0.0444. The summed E-state index contributed by atoms with van der Waals surface area (Å²) in [5.74, 6) is -0.0444. The van der Waals surface area contributed by atoms with Gasteiger partial charge in [-0.3, -0.25) is 0 Å². The highest BCUT2D eigenvalue weighted by molar-refractivity contribution is 6.31. The Morgan fingerprint density at radius 1 is 1.20 bits per heavy atom. The van der Waals surface area contributed by atoms with Gasteiger partial charge in [0.1, 0.15) is 6.54 Å². The van der Waals surface area contributed by atoms with Crippen molar-refractivity contribution in [1.29, 1.82) is 0 Å². The predicted molar refractivity (Wildman–Crippen MR) is 51.1 cm³/mol. The van der Waals surface area contributed by atoms with E-state index in [1.165, 1.54) is 0 Å². The first-order valence-corrected chi connectivity index (χ1v) is 4.49. The Morgan fingerprint density at radius 2 is 1.73 bits per heavy atom. The Morgan fingerprint density at radius 3 is 2.27 bits per heavy atom. The van der Waals surface area contributed by atoms with Gasteiger partial charge in [-0.1, -0.05) is 11.6 Å². The van der Waals surface area contributed by atoms with Crippen LogP contribution in [0.2, 0.25) is 5.15 Å². The van der Waals surface area contributed by atoms with Gasteiger partial charge >= 0.3 is 6.18 Å². The number of halogens is 4. The molecule has 0 aliphatic carbocycles. The Labute approximate surface area is 89.7 Å². The Kier molecular flexibility index (Phi) is 3.38. The summed E-state index contributed by atoms with van der Waals surface area (Å²) in [6.45, 7) is 2.16. The van der Waals surface area contributed by atoms with E-state index in [-0.39, 0.29) is 11.0 Å². The van der Waals surface area contributed by atoms with Crippen molar-refractivity contribution in [2.75, 3.05) is 11.9 Å². The van der Waals surface area contributed by atoms with Crippen LogP contribution in [0.5, 0.6) is 0 Å². The SMILES string of the molecule is Cc1nc(Cl)c(NCC(F)(F)F)nc1C. The molecule has 1 aromatic rings. The van der Waals surface area contributed by atoms with Crippen molar-refractivity contribution >= 4 is 17.4 Å². The molecule has 0 fully saturated rings. The molecular weight excluding hydrogens is 231 g/mol. The minimum Gasteiger partial charge on any atom is -0.359 e. The Balaban J connectivity index is 2.82. The summed E-state index contributed by atoms with van der Waals surface area (Å²) >= 11 is 5.63. The fourth-order valence-electron chi connectivity index (χ4n) is 0.872. The number of rotatable bonds is 2. The van der Waals surface area contributed by atoms with E-state index in [2.05, 4.69) is 15.3 Å². The van der Waals surface area contributed by atoms with Crippen LogP contribution in [0.1, 0.15) is 11.4 Å². The molecule has 3 nitrogen and oxygen atoms in total. The van der Waals surface area contributed by atoms with E-state index < -0.39 is 12.7 Å². The van der Waals surface area contributed by atoms with Gasteiger partial charge in [0.05, 0.1) is 11.4 Å². The summed E-state index contributed by atoms with van der Waals surface area (Å²) < 4.78 is 35.7. The molecule has 0 aliphatic rings. The summed E-state index contributed by atoms with van der Waals surface area (Å²) in [5.41, 5.74) is 1.14. The van der Waals surface area contributed by atoms with Crippen LogP contribution in [0.4, 0.5) is 19.0 Å². The van der Waals surface area contributed by atoms with E-state index in [0.717, 1.165) is 0 Å². The summed E-state index contributed by atoms with van der Waals surface area (Å²) in [5, 5.41) is 2.04. The molecule has 0 atom stereocenters. The molecule has 0 amide bonds. The van der Waals surface area contributed by atoms with Crippen LogP contribution in [-0.2, 0) is 0 Å². The van der Waals surface area contributed by atoms with Crippen LogP contribution < -0.4 is 5.32 Å². The predicted octanol–water partition coefficient (Wildman–Crippen LogP) is 2.72. The zero-order chi connectivity index (χ0) is 11.6. The standard InChI is InChI=1S/C8H9ClF3N3/c1-4-5(2)15-7(6(9)14-4)13-3-8(10,11)12/h3H2,1-2H3,(H,13,15). The molecule has 0 radical (unpaired) electrons. The molecule has 0 saturated heterocycles. The molecule has 0 aromatic carbocycles. The second-order valence-electron chi connectivity index (χ2n) is 3.00. The van der Waals surface area contributed by atoms with Crippen LogP contribution in [0.25, 0.3) is 0 Å². The lowest BCUT2D eigenvalue weighted by molar-refractivity contribution is -0.115. The van der Waals surface area contributed by atoms with Gasteiger partial charge in [-0.15, -0.1) is 0 Å². The van der Waals surface area contributed by atoms with Gasteiger partial charge in [0.25, 0.3) is 0 Å². The normalized spacial score (nSPS) is 11.6. The van der Waals surface area contributed by atoms with Gasteiger partial charge in [-0.05, 0) is 13.8 Å². The van der Waals surface area contributed by atoms with E-state index in [0.29, 0.717) is 11.4 Å². The average molecular weight is 240 g/mol. The molecule has 0 saturated carbocycles. The van der Waals surface area contributed by atoms with Crippen LogP contribution in [-0.4, -0.2) is 22.7 Å². The van der Waals surface area contributed by atoms with E-state index in [9.17, 15) is 13.2 Å². The number of nitrogens with one attached hydrogen (secondary N) is 1. The van der Waals surface area contributed by atoms with E-state index in [1.807, 2.05) is 0 Å². The molecule has 0 spiro atoms. The number of aromatic nitrogens is 2. The van der Waals surface area contributed by atoms with Crippen molar-refractivity contribution in [3.63, 3.8) is 0 Å². The fraction of sp³-hybridized carbons (Fsp3) is 0.500. The summed E-state index contributed by atoms with van der Waals surface area (Å²) in [7, 11) is 0. The maximum Gasteiger partial charge on any atom is 0.405 e. The molecule has 0 aliphatic heterocycles. The smallest absolute Gasteiger partial charge is 0.359 e. The van der Waals surface area contributed by atoms with Gasteiger partial charge in [0.15, 0.2) is 11.0 Å². The number of hydrogen-bond acceptors (Lipinski definition) is 3. The van der Waals surface area contributed by atoms with E-state index >= 15 is 0 Å². The van der Waals surface area contributed by atoms with Gasteiger partial charge in [-0.25, -0.2) is 9.97 Å². The number of nitrogens with zero attached hydrogens (tertiary/aromatic N) is 2. The zero-order valence-corrected chi connectivity index (χ0v) is 8.87. The maximum absolute atomic E-state index is 11.9. The lowest BCUT2D eigenvalue weighted by atomic mass is 10.3. The largest absolute Gasteiger partial charge is 0.405 e. The van der Waals surface area contributed by atoms with Gasteiger partial charge in [-0.2, -0.15) is 13.2 Å². The van der Waals surface area contributed by atoms with Crippen molar-refractivity contribution in [3.05, 3.63) is 16.5 Å². The van der Waals surface area contributed by atoms with Gasteiger partial charge < -0.3 is 5.32 Å². The van der Waals surface area contributed by atoms with Crippen molar-refractivity contribution < 1.29 is 13.2 Å². The number of hydrogen-bond donors (Lipinski definition) is 1. The minimum atomic E-state index is -4.30. The third-order valence-electron chi connectivity index (χ3n) is 1.72. The molecule has 84 valence electrons. The molecule has 1 aromatic heterocycles. The van der Waals surface area contributed by atoms with Gasteiger partial charge in [0, 0.05) is 0 Å². The lowest BCUT2D eigenvalue weighted by Gasteiger charge is -2.10. The monoisotopic (exact) mass is 239 g/mol. The first-order valence-electron chi connectivity index (χ1n) is 4.11. The zero-order valence-electron chi connectivity index (χ0n) is 8.11. The van der Waals surface area contributed by atoms with Crippen LogP contribution in [0.3, 0.4) is 0 Å². The van der Waals surface area contributed by atoms with Gasteiger partial charge in [0.2, 0.25) is 0 Å². The Bertz CT molecular complexity index is 365. The highest BCUT2D eigenvalue weighted by atomic mass is 35.5. The first kappa shape index (κ1) is 12.0. The summed E-state index contributed by atoms with van der Waals surface area (Å²) in [6.07, 6.45) is -4.30. The molecule has 0 bridgehead atoms. The highest BCUT2D eigenvalue weighted by Crippen LogP contribution is 2.21. The molecule has 1 N–H and O–H groups in total. The topological polar surface area (TPSA) is 37.8 Å². The number of alkyl halides is 3. The van der Waals surface area contributed by atoms with Crippen LogP contribution in [0.15, 0.2) is 0 Å².